The Labute approximate surface area is 169 Å². The quantitative estimate of drug-likeness (QED) is 0.362. The lowest BCUT2D eigenvalue weighted by Crippen LogP contribution is -2.70. The van der Waals surface area contributed by atoms with Gasteiger partial charge in [-0.05, 0) is 27.7 Å². The van der Waals surface area contributed by atoms with Crippen molar-refractivity contribution in [1.82, 2.24) is 21.0 Å². The summed E-state index contributed by atoms with van der Waals surface area (Å²) in [5.41, 5.74) is -1.44. The number of carbonyl (C=O) groups excluding carboxylic acids is 4. The van der Waals surface area contributed by atoms with E-state index in [4.69, 9.17) is 9.47 Å². The molecule has 1 atom stereocenters. The highest BCUT2D eigenvalue weighted by molar-refractivity contribution is 6.19. The molecule has 164 valence electrons. The van der Waals surface area contributed by atoms with Crippen LogP contribution in [0.15, 0.2) is 0 Å². The van der Waals surface area contributed by atoms with Crippen molar-refractivity contribution in [2.45, 2.75) is 57.2 Å². The molecule has 2 fully saturated rings. The number of morpholine rings is 1. The Balaban J connectivity index is 2.12. The largest absolute Gasteiger partial charge is 0.444 e. The van der Waals surface area contributed by atoms with Gasteiger partial charge in [0.25, 0.3) is 0 Å². The minimum atomic E-state index is -1.60. The number of Topliss-reactive ketones (excluding diaryl/α,β-unsaturated/α-hetero) is 2. The summed E-state index contributed by atoms with van der Waals surface area (Å²) in [5.74, 6) is -0.683. The summed E-state index contributed by atoms with van der Waals surface area (Å²) in [5, 5.41) is 14.4. The molecule has 29 heavy (non-hydrogen) atoms. The number of alkyl carbamates (subject to hydrolysis) is 1. The van der Waals surface area contributed by atoms with Crippen molar-refractivity contribution in [3.63, 3.8) is 0 Å². The van der Waals surface area contributed by atoms with E-state index >= 15 is 0 Å². The molecule has 1 heterocycles. The molecule has 0 radical (unpaired) electrons. The minimum Gasteiger partial charge on any atom is -0.444 e. The normalized spacial score (nSPS) is 21.1. The summed E-state index contributed by atoms with van der Waals surface area (Å²) in [4.78, 5) is 51.1. The third kappa shape index (κ3) is 5.22. The molecule has 1 aliphatic heterocycles. The molecule has 1 spiro atoms. The fourth-order valence-corrected chi connectivity index (χ4v) is 3.41. The van der Waals surface area contributed by atoms with Crippen LogP contribution in [0.3, 0.4) is 0 Å². The molecule has 0 bridgehead atoms. The van der Waals surface area contributed by atoms with E-state index in [-0.39, 0.29) is 57.3 Å². The van der Waals surface area contributed by atoms with E-state index in [1.165, 1.54) is 4.90 Å². The highest BCUT2D eigenvalue weighted by atomic mass is 16.6. The monoisotopic (exact) mass is 414 g/mol. The van der Waals surface area contributed by atoms with Gasteiger partial charge in [-0.2, -0.15) is 0 Å². The van der Waals surface area contributed by atoms with E-state index in [0.717, 1.165) is 0 Å². The van der Waals surface area contributed by atoms with E-state index in [0.29, 0.717) is 0 Å². The van der Waals surface area contributed by atoms with E-state index in [2.05, 4.69) is 10.6 Å². The SMILES string of the molecule is CC(C)(C)OC(=O)NC[C@](C)(CNO)NC(=O)N1CCOCC12C(=O)CCC2=O. The molecular weight excluding hydrogens is 384 g/mol. The zero-order valence-electron chi connectivity index (χ0n) is 17.3. The van der Waals surface area contributed by atoms with Gasteiger partial charge in [-0.15, -0.1) is 0 Å². The zero-order valence-corrected chi connectivity index (χ0v) is 17.3. The molecule has 0 aromatic carbocycles. The fourth-order valence-electron chi connectivity index (χ4n) is 3.41. The average molecular weight is 414 g/mol. The van der Waals surface area contributed by atoms with Crippen LogP contribution < -0.4 is 16.1 Å². The molecule has 1 aliphatic carbocycles. The maximum Gasteiger partial charge on any atom is 0.407 e. The molecule has 11 nitrogen and oxygen atoms in total. The zero-order chi connectivity index (χ0) is 21.9. The number of urea groups is 1. The number of nitrogens with zero attached hydrogens (tertiary/aromatic N) is 1. The number of ether oxygens (including phenoxy) is 2. The topological polar surface area (TPSA) is 146 Å². The Morgan fingerprint density at radius 3 is 2.34 bits per heavy atom. The van der Waals surface area contributed by atoms with Gasteiger partial charge in [0.1, 0.15) is 5.60 Å². The van der Waals surface area contributed by atoms with Gasteiger partial charge < -0.3 is 30.2 Å². The molecule has 2 aliphatic rings. The molecule has 4 N–H and O–H groups in total. The predicted molar refractivity (Wildman–Crippen MR) is 100 cm³/mol. The van der Waals surface area contributed by atoms with Crippen molar-refractivity contribution in [2.75, 3.05) is 32.8 Å². The summed E-state index contributed by atoms with van der Waals surface area (Å²) in [7, 11) is 0. The van der Waals surface area contributed by atoms with Crippen molar-refractivity contribution >= 4 is 23.7 Å². The smallest absolute Gasteiger partial charge is 0.407 e. The van der Waals surface area contributed by atoms with Gasteiger partial charge in [-0.1, -0.05) is 0 Å². The number of hydrogen-bond donors (Lipinski definition) is 4. The van der Waals surface area contributed by atoms with Gasteiger partial charge in [0.05, 0.1) is 18.8 Å². The van der Waals surface area contributed by atoms with Gasteiger partial charge in [-0.3, -0.25) is 9.59 Å². The number of ketones is 2. The van der Waals surface area contributed by atoms with Gasteiger partial charge in [0.2, 0.25) is 0 Å². The van der Waals surface area contributed by atoms with Crippen molar-refractivity contribution in [3.05, 3.63) is 0 Å². The molecule has 0 aromatic heterocycles. The van der Waals surface area contributed by atoms with Crippen LogP contribution in [-0.2, 0) is 19.1 Å². The first-order valence-electron chi connectivity index (χ1n) is 9.51. The van der Waals surface area contributed by atoms with Crippen LogP contribution in [0.2, 0.25) is 0 Å². The van der Waals surface area contributed by atoms with Crippen LogP contribution in [0, 0.1) is 0 Å². The summed E-state index contributed by atoms with van der Waals surface area (Å²) in [6, 6.07) is -0.652. The van der Waals surface area contributed by atoms with E-state index in [1.54, 1.807) is 27.7 Å². The summed E-state index contributed by atoms with van der Waals surface area (Å²) in [6.07, 6.45) is -0.539. The van der Waals surface area contributed by atoms with E-state index < -0.39 is 28.8 Å². The highest BCUT2D eigenvalue weighted by Crippen LogP contribution is 2.32. The summed E-state index contributed by atoms with van der Waals surface area (Å²) >= 11 is 0. The first-order valence-corrected chi connectivity index (χ1v) is 9.51. The highest BCUT2D eigenvalue weighted by Gasteiger charge is 2.57. The number of hydroxylamine groups is 1. The van der Waals surface area contributed by atoms with E-state index in [1.807, 2.05) is 5.48 Å². The van der Waals surface area contributed by atoms with Gasteiger partial charge in [0, 0.05) is 32.5 Å². The third-order valence-corrected chi connectivity index (χ3v) is 4.88. The molecule has 2 rings (SSSR count). The van der Waals surface area contributed by atoms with Gasteiger partial charge in [-0.25, -0.2) is 15.1 Å². The molecule has 0 unspecified atom stereocenters. The lowest BCUT2D eigenvalue weighted by Gasteiger charge is -2.43. The van der Waals surface area contributed by atoms with Crippen LogP contribution in [0.5, 0.6) is 0 Å². The minimum absolute atomic E-state index is 0.0690. The average Bonchev–Trinajstić information content (AvgIpc) is 2.88. The van der Waals surface area contributed by atoms with E-state index in [9.17, 15) is 24.4 Å². The van der Waals surface area contributed by atoms with Crippen LogP contribution in [-0.4, -0.2) is 83.3 Å². The Kier molecular flexibility index (Phi) is 6.86. The van der Waals surface area contributed by atoms with Gasteiger partial charge in [0.15, 0.2) is 17.1 Å². The van der Waals surface area contributed by atoms with Gasteiger partial charge >= 0.3 is 12.1 Å². The predicted octanol–water partition coefficient (Wildman–Crippen LogP) is -0.0388. The van der Waals surface area contributed by atoms with Crippen molar-refractivity contribution in [1.29, 1.82) is 0 Å². The lowest BCUT2D eigenvalue weighted by molar-refractivity contribution is -0.146. The second-order valence-electron chi connectivity index (χ2n) is 8.59. The second-order valence-corrected chi connectivity index (χ2v) is 8.59. The Hall–Kier alpha value is -2.24. The Morgan fingerprint density at radius 2 is 1.79 bits per heavy atom. The standard InChI is InChI=1S/C18H30N4O7/c1-16(2,3)29-15(26)19-9-17(4,10-20-27)21-14(25)22-7-8-28-11-18(22)12(23)5-6-13(18)24/h20,27H,5-11H2,1-4H3,(H,19,26)(H,21,25)/t17-/m1/s1. The number of carbonyl (C=O) groups is 4. The molecule has 0 aromatic rings. The number of amides is 3. The maximum atomic E-state index is 13.0. The fraction of sp³-hybridized carbons (Fsp3) is 0.778. The first kappa shape index (κ1) is 23.0. The molecule has 1 saturated heterocycles. The van der Waals surface area contributed by atoms with Crippen LogP contribution in [0.1, 0.15) is 40.5 Å². The van der Waals surface area contributed by atoms with Crippen molar-refractivity contribution in [3.8, 4) is 0 Å². The van der Waals surface area contributed by atoms with Crippen LogP contribution in [0.4, 0.5) is 9.59 Å². The Morgan fingerprint density at radius 1 is 1.17 bits per heavy atom. The number of rotatable bonds is 5. The lowest BCUT2D eigenvalue weighted by atomic mass is 9.92. The molecule has 3 amide bonds. The Bertz CT molecular complexity index is 660. The molecule has 1 saturated carbocycles. The first-order chi connectivity index (χ1) is 13.4. The van der Waals surface area contributed by atoms with Crippen LogP contribution >= 0.6 is 0 Å². The maximum absolute atomic E-state index is 13.0. The molecular formula is C18H30N4O7. The number of nitrogens with one attached hydrogen (secondary N) is 3. The molecule has 11 heteroatoms. The summed E-state index contributed by atoms with van der Waals surface area (Å²) in [6.45, 7) is 6.68. The second kappa shape index (κ2) is 8.64. The number of hydrogen-bond acceptors (Lipinski definition) is 8. The summed E-state index contributed by atoms with van der Waals surface area (Å²) < 4.78 is 10.5. The van der Waals surface area contributed by atoms with Crippen LogP contribution in [0.25, 0.3) is 0 Å². The third-order valence-electron chi connectivity index (χ3n) is 4.88. The van der Waals surface area contributed by atoms with Crippen molar-refractivity contribution in [2.24, 2.45) is 0 Å². The van der Waals surface area contributed by atoms with Crippen molar-refractivity contribution < 1.29 is 33.9 Å².